The largest absolute Gasteiger partial charge is 0.497 e. The van der Waals surface area contributed by atoms with E-state index in [0.29, 0.717) is 17.1 Å². The Morgan fingerprint density at radius 3 is 2.54 bits per heavy atom. The molecule has 0 saturated carbocycles. The van der Waals surface area contributed by atoms with Crippen molar-refractivity contribution >= 4 is 17.3 Å². The molecule has 0 unspecified atom stereocenters. The number of ether oxygens (including phenoxy) is 1. The number of fused-ring (bicyclic) bond motifs is 1. The fourth-order valence-electron chi connectivity index (χ4n) is 3.06. The van der Waals surface area contributed by atoms with Gasteiger partial charge in [-0.15, -0.1) is 10.2 Å². The van der Waals surface area contributed by atoms with Gasteiger partial charge in [-0.05, 0) is 41.8 Å². The quantitative estimate of drug-likeness (QED) is 0.607. The predicted octanol–water partition coefficient (Wildman–Crippen LogP) is 3.04. The molecular weight excluding hydrogens is 356 g/mol. The van der Waals surface area contributed by atoms with E-state index < -0.39 is 5.41 Å². The Bertz CT molecular complexity index is 977. The molecule has 28 heavy (non-hydrogen) atoms. The van der Waals surface area contributed by atoms with Crippen molar-refractivity contribution in [1.82, 2.24) is 19.9 Å². The first-order valence-electron chi connectivity index (χ1n) is 9.10. The number of methoxy groups -OCH3 is 1. The summed E-state index contributed by atoms with van der Waals surface area (Å²) in [7, 11) is 1.58. The van der Waals surface area contributed by atoms with Crippen molar-refractivity contribution in [2.45, 2.75) is 33.2 Å². The maximum atomic E-state index is 12.5. The van der Waals surface area contributed by atoms with Crippen molar-refractivity contribution in [1.29, 1.82) is 0 Å². The fraction of sp³-hybridized carbons (Fsp3) is 0.333. The van der Waals surface area contributed by atoms with Gasteiger partial charge in [-0.1, -0.05) is 19.9 Å². The lowest BCUT2D eigenvalue weighted by molar-refractivity contribution is -0.123. The van der Waals surface area contributed by atoms with Gasteiger partial charge in [0.15, 0.2) is 17.3 Å². The third-order valence-electron chi connectivity index (χ3n) is 4.52. The molecule has 0 radical (unpaired) electrons. The Labute approximate surface area is 163 Å². The zero-order valence-corrected chi connectivity index (χ0v) is 16.3. The van der Waals surface area contributed by atoms with Crippen LogP contribution in [0.1, 0.15) is 42.9 Å². The van der Waals surface area contributed by atoms with Crippen molar-refractivity contribution in [3.8, 4) is 5.75 Å². The van der Waals surface area contributed by atoms with E-state index in [9.17, 15) is 9.59 Å². The van der Waals surface area contributed by atoms with Crippen molar-refractivity contribution in [3.63, 3.8) is 0 Å². The number of benzene rings is 1. The zero-order chi connectivity index (χ0) is 20.1. The molecule has 7 nitrogen and oxygen atoms in total. The van der Waals surface area contributed by atoms with E-state index in [1.54, 1.807) is 31.4 Å². The molecule has 0 aliphatic rings. The predicted molar refractivity (Wildman–Crippen MR) is 105 cm³/mol. The van der Waals surface area contributed by atoms with E-state index in [1.807, 2.05) is 42.6 Å². The van der Waals surface area contributed by atoms with Crippen LogP contribution >= 0.6 is 0 Å². The van der Waals surface area contributed by atoms with Crippen LogP contribution in [0.15, 0.2) is 48.7 Å². The average Bonchev–Trinajstić information content (AvgIpc) is 3.09. The summed E-state index contributed by atoms with van der Waals surface area (Å²) >= 11 is 0. The topological polar surface area (TPSA) is 85.6 Å². The van der Waals surface area contributed by atoms with Crippen LogP contribution in [0, 0.1) is 5.41 Å². The summed E-state index contributed by atoms with van der Waals surface area (Å²) in [5.41, 5.74) is 0.884. The van der Waals surface area contributed by atoms with Gasteiger partial charge in [-0.3, -0.25) is 14.0 Å². The summed E-state index contributed by atoms with van der Waals surface area (Å²) in [6.45, 7) is 4.12. The van der Waals surface area contributed by atoms with Crippen molar-refractivity contribution in [3.05, 3.63) is 60.0 Å². The number of carbonyl (C=O) groups is 2. The number of carbonyl (C=O) groups excluding carboxylic acids is 2. The number of nitrogens with zero attached hydrogens (tertiary/aromatic N) is 3. The SMILES string of the molecule is COc1ccc(C(=O)CC(C)(C)CC(=O)NCc2nnc3ccccn23)cc1. The standard InChI is InChI=1S/C21H24N4O3/c1-21(2,12-17(26)15-7-9-16(28-3)10-8-15)13-20(27)22-14-19-24-23-18-6-4-5-11-25(18)19/h4-11H,12-14H2,1-3H3,(H,22,27). The molecule has 3 aromatic rings. The van der Waals surface area contributed by atoms with Crippen LogP contribution in [0.2, 0.25) is 0 Å². The van der Waals surface area contributed by atoms with Crippen LogP contribution in [0.25, 0.3) is 5.65 Å². The maximum Gasteiger partial charge on any atom is 0.220 e. The number of hydrogen-bond acceptors (Lipinski definition) is 5. The summed E-state index contributed by atoms with van der Waals surface area (Å²) in [5, 5.41) is 11.0. The van der Waals surface area contributed by atoms with Gasteiger partial charge in [-0.2, -0.15) is 0 Å². The molecule has 1 aromatic carbocycles. The van der Waals surface area contributed by atoms with Gasteiger partial charge in [0, 0.05) is 24.6 Å². The molecule has 2 aromatic heterocycles. The van der Waals surface area contributed by atoms with Crippen LogP contribution in [-0.2, 0) is 11.3 Å². The third-order valence-corrected chi connectivity index (χ3v) is 4.52. The molecular formula is C21H24N4O3. The van der Waals surface area contributed by atoms with E-state index in [-0.39, 0.29) is 31.1 Å². The van der Waals surface area contributed by atoms with Gasteiger partial charge < -0.3 is 10.1 Å². The first-order chi connectivity index (χ1) is 13.4. The number of nitrogens with one attached hydrogen (secondary N) is 1. The van der Waals surface area contributed by atoms with Crippen LogP contribution in [0.3, 0.4) is 0 Å². The van der Waals surface area contributed by atoms with Crippen molar-refractivity contribution in [2.24, 2.45) is 5.41 Å². The second-order valence-corrected chi connectivity index (χ2v) is 7.49. The lowest BCUT2D eigenvalue weighted by Gasteiger charge is -2.23. The lowest BCUT2D eigenvalue weighted by Crippen LogP contribution is -2.30. The molecule has 146 valence electrons. The van der Waals surface area contributed by atoms with Crippen LogP contribution in [0.5, 0.6) is 5.75 Å². The number of pyridine rings is 1. The molecule has 3 rings (SSSR count). The minimum absolute atomic E-state index is 0.00361. The van der Waals surface area contributed by atoms with Crippen LogP contribution in [0.4, 0.5) is 0 Å². The summed E-state index contributed by atoms with van der Waals surface area (Å²) in [4.78, 5) is 24.9. The molecule has 0 aliphatic carbocycles. The molecule has 0 aliphatic heterocycles. The number of hydrogen-bond donors (Lipinski definition) is 1. The van der Waals surface area contributed by atoms with E-state index in [4.69, 9.17) is 4.74 Å². The van der Waals surface area contributed by atoms with E-state index in [0.717, 1.165) is 5.65 Å². The minimum Gasteiger partial charge on any atom is -0.497 e. The van der Waals surface area contributed by atoms with Crippen LogP contribution in [-0.4, -0.2) is 33.4 Å². The fourth-order valence-corrected chi connectivity index (χ4v) is 3.06. The Kier molecular flexibility index (Phi) is 5.73. The second-order valence-electron chi connectivity index (χ2n) is 7.49. The number of Topliss-reactive ketones (excluding diaryl/α,β-unsaturated/α-hetero) is 1. The lowest BCUT2D eigenvalue weighted by atomic mass is 9.82. The second kappa shape index (κ2) is 8.21. The van der Waals surface area contributed by atoms with Gasteiger partial charge in [0.2, 0.25) is 5.91 Å². The monoisotopic (exact) mass is 380 g/mol. The molecule has 0 saturated heterocycles. The van der Waals surface area contributed by atoms with E-state index in [1.165, 1.54) is 0 Å². The van der Waals surface area contributed by atoms with Crippen molar-refractivity contribution < 1.29 is 14.3 Å². The molecule has 0 bridgehead atoms. The number of ketones is 1. The Hall–Kier alpha value is -3.22. The Morgan fingerprint density at radius 2 is 1.82 bits per heavy atom. The molecule has 1 amide bonds. The highest BCUT2D eigenvalue weighted by atomic mass is 16.5. The molecule has 0 spiro atoms. The van der Waals surface area contributed by atoms with Gasteiger partial charge in [0.1, 0.15) is 5.75 Å². The van der Waals surface area contributed by atoms with Crippen LogP contribution < -0.4 is 10.1 Å². The third kappa shape index (κ3) is 4.73. The summed E-state index contributed by atoms with van der Waals surface area (Å²) in [6, 6.07) is 12.6. The first-order valence-corrected chi connectivity index (χ1v) is 9.10. The molecule has 0 atom stereocenters. The Morgan fingerprint density at radius 1 is 1.07 bits per heavy atom. The summed E-state index contributed by atoms with van der Waals surface area (Å²) < 4.78 is 6.94. The minimum atomic E-state index is -0.464. The number of aromatic nitrogens is 3. The average molecular weight is 380 g/mol. The molecule has 2 heterocycles. The summed E-state index contributed by atoms with van der Waals surface area (Å²) in [6.07, 6.45) is 2.38. The summed E-state index contributed by atoms with van der Waals surface area (Å²) in [5.74, 6) is 1.25. The van der Waals surface area contributed by atoms with Gasteiger partial charge in [0.05, 0.1) is 13.7 Å². The number of rotatable bonds is 8. The smallest absolute Gasteiger partial charge is 0.220 e. The zero-order valence-electron chi connectivity index (χ0n) is 16.3. The molecule has 0 fully saturated rings. The van der Waals surface area contributed by atoms with E-state index >= 15 is 0 Å². The number of amides is 1. The normalized spacial score (nSPS) is 11.4. The van der Waals surface area contributed by atoms with Gasteiger partial charge in [0.25, 0.3) is 0 Å². The molecule has 7 heteroatoms. The van der Waals surface area contributed by atoms with Gasteiger partial charge >= 0.3 is 0 Å². The van der Waals surface area contributed by atoms with Gasteiger partial charge in [-0.25, -0.2) is 0 Å². The van der Waals surface area contributed by atoms with Crippen molar-refractivity contribution in [2.75, 3.05) is 7.11 Å². The highest BCUT2D eigenvalue weighted by Crippen LogP contribution is 2.27. The Balaban J connectivity index is 1.55. The highest BCUT2D eigenvalue weighted by Gasteiger charge is 2.26. The maximum absolute atomic E-state index is 12.5. The highest BCUT2D eigenvalue weighted by molar-refractivity contribution is 5.96. The molecule has 1 N–H and O–H groups in total. The first kappa shape index (κ1) is 19.5. The van der Waals surface area contributed by atoms with E-state index in [2.05, 4.69) is 15.5 Å².